The number of nitrogens with zero attached hydrogens (tertiary/aromatic N) is 2. The van der Waals surface area contributed by atoms with Crippen molar-refractivity contribution < 1.29 is 27.5 Å². The van der Waals surface area contributed by atoms with Crippen LogP contribution in [-0.4, -0.2) is 60.2 Å². The van der Waals surface area contributed by atoms with E-state index in [2.05, 4.69) is 10.1 Å². The van der Waals surface area contributed by atoms with Crippen LogP contribution in [0.2, 0.25) is 0 Å². The molecule has 25 heavy (non-hydrogen) atoms. The maximum atomic E-state index is 12.3. The second kappa shape index (κ2) is 7.73. The summed E-state index contributed by atoms with van der Waals surface area (Å²) < 4.78 is 40.1. The van der Waals surface area contributed by atoms with E-state index in [4.69, 9.17) is 0 Å². The van der Waals surface area contributed by atoms with Gasteiger partial charge in [-0.3, -0.25) is 14.5 Å². The first-order valence-electron chi connectivity index (χ1n) is 7.82. The lowest BCUT2D eigenvalue weighted by atomic mass is 10.2. The zero-order valence-corrected chi connectivity index (χ0v) is 14.0. The minimum absolute atomic E-state index is 0.0120. The molecule has 6 nitrogen and oxygen atoms in total. The van der Waals surface area contributed by atoms with E-state index in [9.17, 15) is 22.8 Å². The van der Waals surface area contributed by atoms with Gasteiger partial charge in [0.15, 0.2) is 0 Å². The fourth-order valence-corrected chi connectivity index (χ4v) is 2.58. The molecule has 1 aliphatic heterocycles. The lowest BCUT2D eigenvalue weighted by Crippen LogP contribution is -2.53. The van der Waals surface area contributed by atoms with Gasteiger partial charge in [0.1, 0.15) is 5.75 Å². The van der Waals surface area contributed by atoms with Crippen molar-refractivity contribution in [1.29, 1.82) is 0 Å². The first kappa shape index (κ1) is 19.0. The summed E-state index contributed by atoms with van der Waals surface area (Å²) in [7, 11) is 0. The molecule has 1 aromatic rings. The van der Waals surface area contributed by atoms with Crippen LogP contribution in [0, 0.1) is 0 Å². The van der Waals surface area contributed by atoms with Gasteiger partial charge in [0.05, 0.1) is 6.04 Å². The quantitative estimate of drug-likeness (QED) is 0.894. The molecular weight excluding hydrogens is 339 g/mol. The second-order valence-electron chi connectivity index (χ2n) is 5.78. The van der Waals surface area contributed by atoms with Gasteiger partial charge in [-0.1, -0.05) is 0 Å². The number of anilines is 1. The van der Waals surface area contributed by atoms with E-state index in [1.807, 2.05) is 4.90 Å². The Morgan fingerprint density at radius 2 is 1.68 bits per heavy atom. The molecule has 1 unspecified atom stereocenters. The molecule has 1 aromatic carbocycles. The Kier molecular flexibility index (Phi) is 5.89. The Hall–Kier alpha value is -2.29. The highest BCUT2D eigenvalue weighted by molar-refractivity contribution is 5.94. The first-order valence-corrected chi connectivity index (χ1v) is 7.82. The Labute approximate surface area is 143 Å². The molecule has 0 radical (unpaired) electrons. The summed E-state index contributed by atoms with van der Waals surface area (Å²) >= 11 is 0. The van der Waals surface area contributed by atoms with Crippen LogP contribution >= 0.6 is 0 Å². The Morgan fingerprint density at radius 3 is 2.16 bits per heavy atom. The summed E-state index contributed by atoms with van der Waals surface area (Å²) in [6, 6.07) is 4.55. The van der Waals surface area contributed by atoms with E-state index in [1.54, 1.807) is 11.8 Å². The highest BCUT2D eigenvalue weighted by Gasteiger charge is 2.31. The smallest absolute Gasteiger partial charge is 0.406 e. The van der Waals surface area contributed by atoms with Crippen molar-refractivity contribution in [1.82, 2.24) is 9.80 Å². The number of benzene rings is 1. The third-order valence-corrected chi connectivity index (χ3v) is 4.04. The number of carbonyl (C=O) groups is 2. The molecular formula is C16H20F3N3O3. The van der Waals surface area contributed by atoms with E-state index < -0.39 is 12.4 Å². The van der Waals surface area contributed by atoms with Crippen LogP contribution < -0.4 is 10.1 Å². The van der Waals surface area contributed by atoms with E-state index in [-0.39, 0.29) is 17.6 Å². The maximum Gasteiger partial charge on any atom is 0.573 e. The van der Waals surface area contributed by atoms with Gasteiger partial charge in [0.2, 0.25) is 11.8 Å². The van der Waals surface area contributed by atoms with E-state index >= 15 is 0 Å². The summed E-state index contributed by atoms with van der Waals surface area (Å²) in [6.07, 6.45) is -4.75. The fourth-order valence-electron chi connectivity index (χ4n) is 2.58. The Bertz CT molecular complexity index is 611. The fraction of sp³-hybridized carbons (Fsp3) is 0.500. The SMILES string of the molecule is CC(=O)N1CCN(C(C)C(=O)Nc2ccc(OC(F)(F)F)cc2)CC1. The molecule has 0 spiro atoms. The molecule has 1 atom stereocenters. The highest BCUT2D eigenvalue weighted by atomic mass is 19.4. The summed E-state index contributed by atoms with van der Waals surface area (Å²) in [6.45, 7) is 5.57. The number of alkyl halides is 3. The van der Waals surface area contributed by atoms with Gasteiger partial charge in [-0.25, -0.2) is 0 Å². The van der Waals surface area contributed by atoms with Gasteiger partial charge in [0, 0.05) is 38.8 Å². The van der Waals surface area contributed by atoms with Crippen molar-refractivity contribution in [2.45, 2.75) is 26.3 Å². The van der Waals surface area contributed by atoms with Crippen molar-refractivity contribution >= 4 is 17.5 Å². The van der Waals surface area contributed by atoms with Crippen LogP contribution in [0.4, 0.5) is 18.9 Å². The predicted octanol–water partition coefficient (Wildman–Crippen LogP) is 2.08. The van der Waals surface area contributed by atoms with Crippen LogP contribution in [0.25, 0.3) is 0 Å². The van der Waals surface area contributed by atoms with Gasteiger partial charge in [0.25, 0.3) is 0 Å². The van der Waals surface area contributed by atoms with Crippen LogP contribution in [0.15, 0.2) is 24.3 Å². The lowest BCUT2D eigenvalue weighted by Gasteiger charge is -2.37. The number of hydrogen-bond donors (Lipinski definition) is 1. The van der Waals surface area contributed by atoms with Crippen molar-refractivity contribution in [2.24, 2.45) is 0 Å². The number of carbonyl (C=O) groups excluding carboxylic acids is 2. The number of rotatable bonds is 4. The maximum absolute atomic E-state index is 12.3. The third kappa shape index (κ3) is 5.63. The molecule has 2 rings (SSSR count). The Balaban J connectivity index is 1.88. The van der Waals surface area contributed by atoms with Crippen LogP contribution in [0.1, 0.15) is 13.8 Å². The predicted molar refractivity (Wildman–Crippen MR) is 85.0 cm³/mol. The van der Waals surface area contributed by atoms with Crippen LogP contribution in [0.5, 0.6) is 5.75 Å². The second-order valence-corrected chi connectivity index (χ2v) is 5.78. The minimum atomic E-state index is -4.75. The number of nitrogens with one attached hydrogen (secondary N) is 1. The summed E-state index contributed by atoms with van der Waals surface area (Å²) in [5.74, 6) is -0.599. The third-order valence-electron chi connectivity index (χ3n) is 4.04. The van der Waals surface area contributed by atoms with E-state index in [1.165, 1.54) is 19.1 Å². The van der Waals surface area contributed by atoms with Gasteiger partial charge in [-0.2, -0.15) is 0 Å². The molecule has 1 fully saturated rings. The molecule has 0 bridgehead atoms. The summed E-state index contributed by atoms with van der Waals surface area (Å²) in [5, 5.41) is 2.67. The van der Waals surface area contributed by atoms with Crippen molar-refractivity contribution in [3.8, 4) is 5.75 Å². The van der Waals surface area contributed by atoms with Crippen molar-refractivity contribution in [2.75, 3.05) is 31.5 Å². The van der Waals surface area contributed by atoms with Gasteiger partial charge in [-0.05, 0) is 31.2 Å². The standard InChI is InChI=1S/C16H20F3N3O3/c1-11(21-7-9-22(10-8-21)12(2)23)15(24)20-13-3-5-14(6-4-13)25-16(17,18)19/h3-6,11H,7-10H2,1-2H3,(H,20,24). The van der Waals surface area contributed by atoms with Gasteiger partial charge in [-0.15, -0.1) is 13.2 Å². The van der Waals surface area contributed by atoms with Gasteiger partial charge < -0.3 is 15.0 Å². The molecule has 138 valence electrons. The Morgan fingerprint density at radius 1 is 1.12 bits per heavy atom. The van der Waals surface area contributed by atoms with Crippen LogP contribution in [0.3, 0.4) is 0 Å². The number of piperazine rings is 1. The molecule has 1 aliphatic rings. The minimum Gasteiger partial charge on any atom is -0.406 e. The molecule has 9 heteroatoms. The normalized spacial score (nSPS) is 17.1. The summed E-state index contributed by atoms with van der Waals surface area (Å²) in [4.78, 5) is 27.3. The number of hydrogen-bond acceptors (Lipinski definition) is 4. The average molecular weight is 359 g/mol. The molecule has 2 amide bonds. The zero-order valence-electron chi connectivity index (χ0n) is 14.0. The molecule has 1 heterocycles. The van der Waals surface area contributed by atoms with Gasteiger partial charge >= 0.3 is 6.36 Å². The van der Waals surface area contributed by atoms with E-state index in [0.29, 0.717) is 31.9 Å². The lowest BCUT2D eigenvalue weighted by molar-refractivity contribution is -0.274. The van der Waals surface area contributed by atoms with E-state index in [0.717, 1.165) is 12.1 Å². The molecule has 0 aromatic heterocycles. The molecule has 1 N–H and O–H groups in total. The molecule has 0 saturated carbocycles. The first-order chi connectivity index (χ1) is 11.7. The highest BCUT2D eigenvalue weighted by Crippen LogP contribution is 2.24. The van der Waals surface area contributed by atoms with Crippen LogP contribution in [-0.2, 0) is 9.59 Å². The number of amides is 2. The molecule has 1 saturated heterocycles. The summed E-state index contributed by atoms with van der Waals surface area (Å²) in [5.41, 5.74) is 0.383. The average Bonchev–Trinajstić information content (AvgIpc) is 2.54. The topological polar surface area (TPSA) is 61.9 Å². The zero-order chi connectivity index (χ0) is 18.6. The van der Waals surface area contributed by atoms with Crippen molar-refractivity contribution in [3.63, 3.8) is 0 Å². The largest absolute Gasteiger partial charge is 0.573 e. The van der Waals surface area contributed by atoms with Crippen molar-refractivity contribution in [3.05, 3.63) is 24.3 Å². The number of ether oxygens (including phenoxy) is 1. The molecule has 0 aliphatic carbocycles. The number of halogens is 3. The monoisotopic (exact) mass is 359 g/mol.